The first-order valence-electron chi connectivity index (χ1n) is 12.8. The van der Waals surface area contributed by atoms with Gasteiger partial charge in [0.05, 0.1) is 20.1 Å². The Morgan fingerprint density at radius 2 is 1.06 bits per heavy atom. The minimum Gasteiger partial charge on any atom is -0.458 e. The Balaban J connectivity index is 0.00000242. The topological polar surface area (TPSA) is 73.2 Å². The number of hydroxylamine groups is 4. The van der Waals surface area contributed by atoms with Crippen molar-refractivity contribution in [3.8, 4) is 0 Å². The minimum absolute atomic E-state index is 0.194. The van der Waals surface area contributed by atoms with E-state index in [0.717, 1.165) is 12.8 Å². The highest BCUT2D eigenvalue weighted by Gasteiger charge is 2.51. The number of esters is 1. The standard InChI is InChI=1S/C22H44N3O4.2C2H6/c1-19(2)11-16(12-20(3,4)23(19)27)25(9,10)15-18(26)29-17-13-21(5,6)24(28)22(7,8)14-17;2*1-2/h16-17,27-28H,11-15H2,1-10H3;2*1-2H3/q+1;;. The average molecular weight is 475 g/mol. The highest BCUT2D eigenvalue weighted by molar-refractivity contribution is 5.70. The predicted molar refractivity (Wildman–Crippen MR) is 135 cm³/mol. The summed E-state index contributed by atoms with van der Waals surface area (Å²) < 4.78 is 6.44. The Labute approximate surface area is 204 Å². The number of piperidine rings is 2. The molecule has 2 rings (SSSR count). The summed E-state index contributed by atoms with van der Waals surface area (Å²) in [6.07, 6.45) is 2.61. The van der Waals surface area contributed by atoms with Crippen LogP contribution in [0.3, 0.4) is 0 Å². The van der Waals surface area contributed by atoms with Crippen LogP contribution in [0.4, 0.5) is 0 Å². The van der Waals surface area contributed by atoms with Crippen molar-refractivity contribution in [3.63, 3.8) is 0 Å². The summed E-state index contributed by atoms with van der Waals surface area (Å²) in [6, 6.07) is 0.239. The lowest BCUT2D eigenvalue weighted by Crippen LogP contribution is -2.66. The molecule has 7 heteroatoms. The SMILES string of the molecule is CC.CC.CC1(C)CC(OC(=O)C[N+](C)(C)C2CC(C)(C)N(O)C(C)(C)C2)CC(C)(C)N1O. The Kier molecular flexibility index (Phi) is 11.1. The first-order valence-corrected chi connectivity index (χ1v) is 12.8. The summed E-state index contributed by atoms with van der Waals surface area (Å²) in [6.45, 7) is 24.4. The molecule has 0 amide bonds. The molecule has 0 radical (unpaired) electrons. The summed E-state index contributed by atoms with van der Waals surface area (Å²) in [7, 11) is 4.16. The highest BCUT2D eigenvalue weighted by atomic mass is 16.5. The zero-order valence-electron chi connectivity index (χ0n) is 24.2. The van der Waals surface area contributed by atoms with Gasteiger partial charge in [-0.05, 0) is 55.4 Å². The minimum atomic E-state index is -0.445. The van der Waals surface area contributed by atoms with Gasteiger partial charge in [-0.15, -0.1) is 0 Å². The van der Waals surface area contributed by atoms with Crippen molar-refractivity contribution >= 4 is 5.97 Å². The van der Waals surface area contributed by atoms with Gasteiger partial charge in [0.15, 0.2) is 6.54 Å². The molecule has 33 heavy (non-hydrogen) atoms. The van der Waals surface area contributed by atoms with E-state index in [9.17, 15) is 15.2 Å². The maximum atomic E-state index is 12.9. The molecule has 0 saturated carbocycles. The summed E-state index contributed by atoms with van der Waals surface area (Å²) >= 11 is 0. The molecule has 0 unspecified atom stereocenters. The van der Waals surface area contributed by atoms with Crippen molar-refractivity contribution in [2.45, 2.75) is 143 Å². The van der Waals surface area contributed by atoms with Gasteiger partial charge in [0.25, 0.3) is 0 Å². The Morgan fingerprint density at radius 1 is 0.758 bits per heavy atom. The van der Waals surface area contributed by atoms with Crippen LogP contribution in [0.15, 0.2) is 0 Å². The van der Waals surface area contributed by atoms with E-state index in [0.29, 0.717) is 23.9 Å². The lowest BCUT2D eigenvalue weighted by molar-refractivity contribution is -0.911. The van der Waals surface area contributed by atoms with Crippen LogP contribution in [0, 0.1) is 0 Å². The molecule has 0 aliphatic carbocycles. The lowest BCUT2D eigenvalue weighted by Gasteiger charge is -2.54. The summed E-state index contributed by atoms with van der Waals surface area (Å²) in [5, 5.41) is 23.9. The van der Waals surface area contributed by atoms with E-state index in [2.05, 4.69) is 14.1 Å². The van der Waals surface area contributed by atoms with E-state index >= 15 is 0 Å². The molecular formula is C26H56N3O4+. The molecule has 2 saturated heterocycles. The monoisotopic (exact) mass is 474 g/mol. The quantitative estimate of drug-likeness (QED) is 0.415. The van der Waals surface area contributed by atoms with Gasteiger partial charge < -0.3 is 19.6 Å². The number of rotatable bonds is 4. The molecule has 198 valence electrons. The van der Waals surface area contributed by atoms with Crippen LogP contribution in [0.5, 0.6) is 0 Å². The molecule has 0 aromatic carbocycles. The van der Waals surface area contributed by atoms with Gasteiger partial charge in [0, 0.05) is 47.8 Å². The largest absolute Gasteiger partial charge is 0.458 e. The van der Waals surface area contributed by atoms with E-state index in [4.69, 9.17) is 4.74 Å². The van der Waals surface area contributed by atoms with Crippen LogP contribution < -0.4 is 0 Å². The Morgan fingerprint density at radius 3 is 1.39 bits per heavy atom. The maximum absolute atomic E-state index is 12.9. The van der Waals surface area contributed by atoms with Crippen molar-refractivity contribution in [1.82, 2.24) is 10.1 Å². The highest BCUT2D eigenvalue weighted by Crippen LogP contribution is 2.41. The summed E-state index contributed by atoms with van der Waals surface area (Å²) in [5.41, 5.74) is -1.60. The molecule has 0 spiro atoms. The molecule has 0 aromatic heterocycles. The van der Waals surface area contributed by atoms with E-state index in [-0.39, 0.29) is 29.2 Å². The van der Waals surface area contributed by atoms with Crippen LogP contribution >= 0.6 is 0 Å². The maximum Gasteiger partial charge on any atom is 0.362 e. The number of carbonyl (C=O) groups excluding carboxylic acids is 1. The molecule has 2 aliphatic rings. The van der Waals surface area contributed by atoms with Crippen molar-refractivity contribution in [2.24, 2.45) is 0 Å². The third-order valence-corrected chi connectivity index (χ3v) is 7.04. The normalized spacial score (nSPS) is 25.2. The predicted octanol–water partition coefficient (Wildman–Crippen LogP) is 5.48. The number of ether oxygens (including phenoxy) is 1. The lowest BCUT2D eigenvalue weighted by atomic mass is 9.77. The number of carbonyl (C=O) groups is 1. The zero-order chi connectivity index (χ0) is 26.6. The van der Waals surface area contributed by atoms with Gasteiger partial charge in [-0.25, -0.2) is 4.79 Å². The Hall–Kier alpha value is -0.730. The molecule has 0 aromatic rings. The average Bonchev–Trinajstić information content (AvgIpc) is 2.66. The Bertz CT molecular complexity index is 593. The smallest absolute Gasteiger partial charge is 0.362 e. The fraction of sp³-hybridized carbons (Fsp3) is 0.962. The second-order valence-corrected chi connectivity index (χ2v) is 12.4. The van der Waals surface area contributed by atoms with Gasteiger partial charge >= 0.3 is 5.97 Å². The van der Waals surface area contributed by atoms with Gasteiger partial charge in [-0.3, -0.25) is 0 Å². The van der Waals surface area contributed by atoms with Crippen molar-refractivity contribution < 1.29 is 24.4 Å². The number of likely N-dealkylation sites (N-methyl/N-ethyl adjacent to an activating group) is 1. The first-order chi connectivity index (χ1) is 14.8. The fourth-order valence-electron chi connectivity index (χ4n) is 5.66. The third-order valence-electron chi connectivity index (χ3n) is 7.04. The van der Waals surface area contributed by atoms with Crippen LogP contribution in [0.2, 0.25) is 0 Å². The van der Waals surface area contributed by atoms with Crippen LogP contribution in [0.1, 0.15) is 109 Å². The molecular weight excluding hydrogens is 418 g/mol. The summed E-state index contributed by atoms with van der Waals surface area (Å²) in [5.74, 6) is -0.194. The fourth-order valence-corrected chi connectivity index (χ4v) is 5.66. The third kappa shape index (κ3) is 7.89. The molecule has 2 fully saturated rings. The van der Waals surface area contributed by atoms with Crippen LogP contribution in [-0.2, 0) is 9.53 Å². The van der Waals surface area contributed by atoms with Gasteiger partial charge in [0.1, 0.15) is 6.10 Å². The number of quaternary nitrogens is 1. The zero-order valence-corrected chi connectivity index (χ0v) is 24.2. The number of nitrogens with zero attached hydrogens (tertiary/aromatic N) is 3. The summed E-state index contributed by atoms with van der Waals surface area (Å²) in [4.78, 5) is 12.9. The van der Waals surface area contributed by atoms with Crippen molar-refractivity contribution in [2.75, 3.05) is 20.6 Å². The van der Waals surface area contributed by atoms with Gasteiger partial charge in [-0.1, -0.05) is 27.7 Å². The second kappa shape index (κ2) is 11.3. The van der Waals surface area contributed by atoms with E-state index in [1.807, 2.05) is 83.1 Å². The number of hydrogen-bond acceptors (Lipinski definition) is 6. The molecule has 7 nitrogen and oxygen atoms in total. The van der Waals surface area contributed by atoms with Crippen LogP contribution in [0.25, 0.3) is 0 Å². The van der Waals surface area contributed by atoms with E-state index in [1.165, 1.54) is 10.1 Å². The van der Waals surface area contributed by atoms with Gasteiger partial charge in [-0.2, -0.15) is 10.1 Å². The molecule has 2 aliphatic heterocycles. The van der Waals surface area contributed by atoms with E-state index in [1.54, 1.807) is 0 Å². The molecule has 0 atom stereocenters. The molecule has 2 N–H and O–H groups in total. The number of hydrogen-bond donors (Lipinski definition) is 2. The molecule has 2 heterocycles. The second-order valence-electron chi connectivity index (χ2n) is 12.4. The molecule has 0 bridgehead atoms. The van der Waals surface area contributed by atoms with Crippen molar-refractivity contribution in [3.05, 3.63) is 0 Å². The van der Waals surface area contributed by atoms with E-state index < -0.39 is 11.1 Å². The van der Waals surface area contributed by atoms with Gasteiger partial charge in [0.2, 0.25) is 0 Å². The first kappa shape index (κ1) is 32.3. The van der Waals surface area contributed by atoms with Crippen molar-refractivity contribution in [1.29, 1.82) is 0 Å². The van der Waals surface area contributed by atoms with Crippen LogP contribution in [-0.4, -0.2) is 85.9 Å².